The molecule has 29 heavy (non-hydrogen) atoms. The van der Waals surface area contributed by atoms with E-state index in [2.05, 4.69) is 44.1 Å². The number of piperazine rings is 1. The van der Waals surface area contributed by atoms with Crippen molar-refractivity contribution < 1.29 is 0 Å². The average Bonchev–Trinajstić information content (AvgIpc) is 3.18. The monoisotopic (exact) mass is 398 g/mol. The number of hydrogen-bond acceptors (Lipinski definition) is 4. The summed E-state index contributed by atoms with van der Waals surface area (Å²) in [4.78, 5) is 16.7. The Labute approximate surface area is 176 Å². The maximum absolute atomic E-state index is 4.74. The predicted octanol–water partition coefficient (Wildman–Crippen LogP) is 2.96. The molecule has 3 heterocycles. The van der Waals surface area contributed by atoms with E-state index in [0.29, 0.717) is 5.41 Å². The lowest BCUT2D eigenvalue weighted by Crippen LogP contribution is -2.46. The number of aromatic nitrogens is 1. The molecule has 0 bridgehead atoms. The molecule has 1 aromatic heterocycles. The van der Waals surface area contributed by atoms with Gasteiger partial charge in [-0.2, -0.15) is 0 Å². The molecule has 2 aliphatic heterocycles. The van der Waals surface area contributed by atoms with Crippen molar-refractivity contribution in [2.24, 2.45) is 10.4 Å². The Morgan fingerprint density at radius 2 is 1.86 bits per heavy atom. The van der Waals surface area contributed by atoms with Gasteiger partial charge >= 0.3 is 0 Å². The normalized spacial score (nSPS) is 23.0. The highest BCUT2D eigenvalue weighted by molar-refractivity contribution is 5.80. The second kappa shape index (κ2) is 9.33. The SMILES string of the molecule is CCN1CCN(c2ccc(CNC(=NC)N3CCC4(CCCCC4)C3)cn2)CC1. The molecule has 1 aromatic rings. The molecule has 0 unspecified atom stereocenters. The number of nitrogens with one attached hydrogen (secondary N) is 1. The van der Waals surface area contributed by atoms with E-state index >= 15 is 0 Å². The average molecular weight is 399 g/mol. The summed E-state index contributed by atoms with van der Waals surface area (Å²) in [7, 11) is 1.91. The van der Waals surface area contributed by atoms with Gasteiger partial charge in [0.1, 0.15) is 5.82 Å². The van der Waals surface area contributed by atoms with Crippen LogP contribution in [-0.4, -0.2) is 73.6 Å². The zero-order chi connectivity index (χ0) is 20.1. The molecule has 0 amide bonds. The van der Waals surface area contributed by atoms with E-state index in [4.69, 9.17) is 4.98 Å². The van der Waals surface area contributed by atoms with Crippen molar-refractivity contribution in [1.29, 1.82) is 0 Å². The van der Waals surface area contributed by atoms with Crippen molar-refractivity contribution in [3.8, 4) is 0 Å². The van der Waals surface area contributed by atoms with Crippen LogP contribution in [0, 0.1) is 5.41 Å². The van der Waals surface area contributed by atoms with Gasteiger partial charge in [0.05, 0.1) is 0 Å². The second-order valence-corrected chi connectivity index (χ2v) is 9.08. The molecule has 6 heteroatoms. The fourth-order valence-electron chi connectivity index (χ4n) is 5.34. The van der Waals surface area contributed by atoms with Crippen LogP contribution in [0.25, 0.3) is 0 Å². The van der Waals surface area contributed by atoms with Crippen LogP contribution in [0.3, 0.4) is 0 Å². The number of pyridine rings is 1. The Balaban J connectivity index is 1.28. The van der Waals surface area contributed by atoms with Crippen molar-refractivity contribution in [2.75, 3.05) is 57.8 Å². The van der Waals surface area contributed by atoms with Crippen molar-refractivity contribution >= 4 is 11.8 Å². The Hall–Kier alpha value is -1.82. The fraction of sp³-hybridized carbons (Fsp3) is 0.739. The van der Waals surface area contributed by atoms with Crippen LogP contribution >= 0.6 is 0 Å². The van der Waals surface area contributed by atoms with Crippen LogP contribution < -0.4 is 10.2 Å². The van der Waals surface area contributed by atoms with Gasteiger partial charge < -0.3 is 20.0 Å². The predicted molar refractivity (Wildman–Crippen MR) is 120 cm³/mol. The number of nitrogens with zero attached hydrogens (tertiary/aromatic N) is 5. The number of likely N-dealkylation sites (N-methyl/N-ethyl adjacent to an activating group) is 1. The third-order valence-corrected chi connectivity index (χ3v) is 7.27. The van der Waals surface area contributed by atoms with Crippen LogP contribution in [0.2, 0.25) is 0 Å². The second-order valence-electron chi connectivity index (χ2n) is 9.08. The molecule has 3 aliphatic rings. The van der Waals surface area contributed by atoms with E-state index in [1.807, 2.05) is 13.2 Å². The van der Waals surface area contributed by atoms with E-state index in [1.54, 1.807) is 0 Å². The van der Waals surface area contributed by atoms with Crippen molar-refractivity contribution in [3.63, 3.8) is 0 Å². The zero-order valence-corrected chi connectivity index (χ0v) is 18.4. The first-order chi connectivity index (χ1) is 14.2. The molecule has 4 rings (SSSR count). The van der Waals surface area contributed by atoms with E-state index in [-0.39, 0.29) is 0 Å². The van der Waals surface area contributed by atoms with Gasteiger partial charge in [-0.1, -0.05) is 32.3 Å². The number of likely N-dealkylation sites (tertiary alicyclic amines) is 1. The lowest BCUT2D eigenvalue weighted by molar-refractivity contribution is 0.203. The summed E-state index contributed by atoms with van der Waals surface area (Å²) < 4.78 is 0. The summed E-state index contributed by atoms with van der Waals surface area (Å²) in [5, 5.41) is 3.58. The fourth-order valence-corrected chi connectivity index (χ4v) is 5.34. The largest absolute Gasteiger partial charge is 0.354 e. The molecule has 160 valence electrons. The number of hydrogen-bond donors (Lipinski definition) is 1. The quantitative estimate of drug-likeness (QED) is 0.624. The summed E-state index contributed by atoms with van der Waals surface area (Å²) >= 11 is 0. The third-order valence-electron chi connectivity index (χ3n) is 7.27. The van der Waals surface area contributed by atoms with Crippen molar-refractivity contribution in [3.05, 3.63) is 23.9 Å². The summed E-state index contributed by atoms with van der Waals surface area (Å²) in [6.45, 7) is 10.9. The molecule has 0 aromatic carbocycles. The Morgan fingerprint density at radius 1 is 1.07 bits per heavy atom. The van der Waals surface area contributed by atoms with E-state index < -0.39 is 0 Å². The Kier molecular flexibility index (Phi) is 6.58. The Morgan fingerprint density at radius 3 is 2.52 bits per heavy atom. The molecule has 6 nitrogen and oxygen atoms in total. The molecule has 1 aliphatic carbocycles. The van der Waals surface area contributed by atoms with E-state index in [0.717, 1.165) is 57.6 Å². The van der Waals surface area contributed by atoms with Gasteiger partial charge in [-0.15, -0.1) is 0 Å². The molecular weight excluding hydrogens is 360 g/mol. The summed E-state index contributed by atoms with van der Waals surface area (Å²) in [6, 6.07) is 4.38. The highest BCUT2D eigenvalue weighted by Crippen LogP contribution is 2.43. The standard InChI is InChI=1S/C23H38N6/c1-3-27-13-15-28(16-14-27)21-8-7-20(17-25-21)18-26-22(24-2)29-12-11-23(19-29)9-5-4-6-10-23/h7-8,17H,3-6,9-16,18-19H2,1-2H3,(H,24,26). The molecule has 1 N–H and O–H groups in total. The van der Waals surface area contributed by atoms with Gasteiger partial charge in [0.25, 0.3) is 0 Å². The number of guanidine groups is 1. The molecular formula is C23H38N6. The summed E-state index contributed by atoms with van der Waals surface area (Å²) in [6.07, 6.45) is 10.4. The molecule has 0 radical (unpaired) electrons. The highest BCUT2D eigenvalue weighted by atomic mass is 15.3. The van der Waals surface area contributed by atoms with Crippen LogP contribution in [0.4, 0.5) is 5.82 Å². The topological polar surface area (TPSA) is 47.0 Å². The molecule has 3 fully saturated rings. The zero-order valence-electron chi connectivity index (χ0n) is 18.4. The highest BCUT2D eigenvalue weighted by Gasteiger charge is 2.39. The lowest BCUT2D eigenvalue weighted by atomic mass is 9.73. The maximum Gasteiger partial charge on any atom is 0.193 e. The summed E-state index contributed by atoms with van der Waals surface area (Å²) in [5.74, 6) is 2.15. The van der Waals surface area contributed by atoms with E-state index in [9.17, 15) is 0 Å². The third kappa shape index (κ3) is 4.85. The van der Waals surface area contributed by atoms with Crippen LogP contribution in [-0.2, 0) is 6.54 Å². The lowest BCUT2D eigenvalue weighted by Gasteiger charge is -2.34. The number of rotatable bonds is 4. The van der Waals surface area contributed by atoms with E-state index in [1.165, 1.54) is 50.6 Å². The van der Waals surface area contributed by atoms with Gasteiger partial charge in [-0.25, -0.2) is 4.98 Å². The van der Waals surface area contributed by atoms with Gasteiger partial charge in [0.15, 0.2) is 5.96 Å². The maximum atomic E-state index is 4.74. The first-order valence-corrected chi connectivity index (χ1v) is 11.6. The minimum atomic E-state index is 0.556. The van der Waals surface area contributed by atoms with Gasteiger partial charge in [0, 0.05) is 59.1 Å². The van der Waals surface area contributed by atoms with Crippen LogP contribution in [0.5, 0.6) is 0 Å². The first-order valence-electron chi connectivity index (χ1n) is 11.6. The molecule has 0 atom stereocenters. The van der Waals surface area contributed by atoms with Crippen LogP contribution in [0.15, 0.2) is 23.3 Å². The minimum absolute atomic E-state index is 0.556. The summed E-state index contributed by atoms with van der Waals surface area (Å²) in [5.41, 5.74) is 1.77. The first kappa shape index (κ1) is 20.5. The minimum Gasteiger partial charge on any atom is -0.354 e. The molecule has 1 spiro atoms. The van der Waals surface area contributed by atoms with Gasteiger partial charge in [-0.3, -0.25) is 4.99 Å². The smallest absolute Gasteiger partial charge is 0.193 e. The van der Waals surface area contributed by atoms with Crippen LogP contribution in [0.1, 0.15) is 51.0 Å². The molecule has 1 saturated carbocycles. The Bertz CT molecular complexity index is 671. The van der Waals surface area contributed by atoms with Crippen molar-refractivity contribution in [2.45, 2.75) is 52.0 Å². The van der Waals surface area contributed by atoms with Crippen molar-refractivity contribution in [1.82, 2.24) is 20.1 Å². The molecule has 2 saturated heterocycles. The number of aliphatic imine (C=N–C) groups is 1. The van der Waals surface area contributed by atoms with Gasteiger partial charge in [-0.05, 0) is 42.9 Å². The number of anilines is 1. The van der Waals surface area contributed by atoms with Gasteiger partial charge in [0.2, 0.25) is 0 Å².